The van der Waals surface area contributed by atoms with E-state index in [0.717, 1.165) is 30.4 Å². The van der Waals surface area contributed by atoms with Gasteiger partial charge in [0.1, 0.15) is 17.4 Å². The number of nitrogens with two attached hydrogens (primary N) is 1. The predicted octanol–water partition coefficient (Wildman–Crippen LogP) is 4.59. The topological polar surface area (TPSA) is 197 Å². The third-order valence-corrected chi connectivity index (χ3v) is 12.0. The standard InChI is InChI=1S/C35H45N2O10P/c1-4-7-8-14-37(48(45,46-5-2)47-6-3)19-20-10-9-11-21(15-20)24-12-13-26(38)29-25(24)17-22-16-23-18-27(39)30(34(36)43)33(42)35(23,44)32(41)28(22)31(29)40/h9-13,15,22-23,27,30,38-39,41,44H,4-8,14,16-19H2,1-3H3,(H2,36,43)/t22-,23+,27?,30?,35+/m1/s1. The van der Waals surface area contributed by atoms with Gasteiger partial charge in [-0.25, -0.2) is 9.24 Å². The number of carbonyl (C=O) groups is 3. The molecule has 2 aromatic rings. The third kappa shape index (κ3) is 6.26. The fourth-order valence-electron chi connectivity index (χ4n) is 7.60. The van der Waals surface area contributed by atoms with Crippen molar-refractivity contribution in [2.24, 2.45) is 23.5 Å². The summed E-state index contributed by atoms with van der Waals surface area (Å²) in [5, 5.41) is 44.4. The van der Waals surface area contributed by atoms with Crippen LogP contribution in [0.4, 0.5) is 0 Å². The number of aliphatic hydroxyl groups excluding tert-OH is 2. The number of hydrogen-bond acceptors (Lipinski definition) is 10. The van der Waals surface area contributed by atoms with Crippen LogP contribution in [0.25, 0.3) is 11.1 Å². The second-order valence-corrected chi connectivity index (χ2v) is 14.8. The van der Waals surface area contributed by atoms with E-state index in [1.807, 2.05) is 24.3 Å². The first-order chi connectivity index (χ1) is 22.8. The maximum Gasteiger partial charge on any atom is 0.408 e. The molecule has 260 valence electrons. The SMILES string of the molecule is CCCCCN(Cc1cccc(-c2ccc(O)c3c2C[C@H]2C[C@H]4CC(O)C(C(N)=O)C(=O)[C@@]4(O)C(O)=C2C3=O)c1)P(=O)(OCC)OCC. The van der Waals surface area contributed by atoms with Crippen LogP contribution >= 0.6 is 7.75 Å². The number of unbranched alkanes of at least 4 members (excludes halogenated alkanes) is 2. The van der Waals surface area contributed by atoms with Crippen LogP contribution in [0, 0.1) is 17.8 Å². The molecule has 1 saturated carbocycles. The maximum atomic E-state index is 14.0. The molecule has 0 saturated heterocycles. The van der Waals surface area contributed by atoms with Crippen molar-refractivity contribution in [1.29, 1.82) is 0 Å². The number of amides is 1. The van der Waals surface area contributed by atoms with Crippen molar-refractivity contribution in [2.45, 2.75) is 77.5 Å². The van der Waals surface area contributed by atoms with Gasteiger partial charge in [0.15, 0.2) is 17.2 Å². The summed E-state index contributed by atoms with van der Waals surface area (Å²) in [5.74, 6) is -7.52. The first kappa shape index (κ1) is 35.9. The number of Topliss-reactive ketones (excluding diaryl/α,β-unsaturated/α-hetero) is 2. The Bertz CT molecular complexity index is 1660. The molecule has 5 rings (SSSR count). The van der Waals surface area contributed by atoms with Gasteiger partial charge in [0.2, 0.25) is 5.91 Å². The first-order valence-electron chi connectivity index (χ1n) is 16.6. The molecular weight excluding hydrogens is 639 g/mol. The van der Waals surface area contributed by atoms with Crippen LogP contribution in [0.3, 0.4) is 0 Å². The molecule has 0 heterocycles. The minimum absolute atomic E-state index is 0.0501. The number of phenolic OH excluding ortho intramolecular Hbond substituents is 1. The lowest BCUT2D eigenvalue weighted by Crippen LogP contribution is -2.63. The Morgan fingerprint density at radius 2 is 1.77 bits per heavy atom. The summed E-state index contributed by atoms with van der Waals surface area (Å²) >= 11 is 0. The molecule has 2 aromatic carbocycles. The van der Waals surface area contributed by atoms with Crippen LogP contribution in [0.1, 0.15) is 74.4 Å². The average Bonchev–Trinajstić information content (AvgIpc) is 3.02. The van der Waals surface area contributed by atoms with E-state index in [2.05, 4.69) is 6.92 Å². The maximum absolute atomic E-state index is 14.0. The van der Waals surface area contributed by atoms with Gasteiger partial charge < -0.3 is 26.2 Å². The van der Waals surface area contributed by atoms with Crippen molar-refractivity contribution >= 4 is 25.2 Å². The lowest BCUT2D eigenvalue weighted by Gasteiger charge is -2.48. The smallest absolute Gasteiger partial charge is 0.408 e. The minimum Gasteiger partial charge on any atom is -0.508 e. The van der Waals surface area contributed by atoms with Gasteiger partial charge in [-0.3, -0.25) is 23.4 Å². The first-order valence-corrected chi connectivity index (χ1v) is 18.1. The number of phenols is 1. The van der Waals surface area contributed by atoms with Crippen LogP contribution in [0.15, 0.2) is 47.7 Å². The molecule has 0 radical (unpaired) electrons. The lowest BCUT2D eigenvalue weighted by atomic mass is 9.57. The zero-order valence-electron chi connectivity index (χ0n) is 27.6. The largest absolute Gasteiger partial charge is 0.508 e. The molecule has 12 nitrogen and oxygen atoms in total. The van der Waals surface area contributed by atoms with Crippen LogP contribution in [0.5, 0.6) is 5.75 Å². The molecular formula is C35H45N2O10P. The number of fused-ring (bicyclic) bond motifs is 3. The Labute approximate surface area is 280 Å². The summed E-state index contributed by atoms with van der Waals surface area (Å²) in [6, 6.07) is 10.7. The van der Waals surface area contributed by atoms with Gasteiger partial charge in [-0.2, -0.15) is 0 Å². The van der Waals surface area contributed by atoms with Crippen molar-refractivity contribution in [3.63, 3.8) is 0 Å². The summed E-state index contributed by atoms with van der Waals surface area (Å²) < 4.78 is 26.9. The van der Waals surface area contributed by atoms with Gasteiger partial charge in [0, 0.05) is 24.6 Å². The number of aliphatic hydroxyl groups is 3. The predicted molar refractivity (Wildman–Crippen MR) is 177 cm³/mol. The van der Waals surface area contributed by atoms with E-state index in [4.69, 9.17) is 14.8 Å². The minimum atomic E-state index is -3.58. The van der Waals surface area contributed by atoms with E-state index in [1.165, 1.54) is 6.07 Å². The molecule has 6 N–H and O–H groups in total. The number of primary amides is 1. The Balaban J connectivity index is 1.53. The Morgan fingerprint density at radius 3 is 2.42 bits per heavy atom. The molecule has 2 unspecified atom stereocenters. The molecule has 5 atom stereocenters. The highest BCUT2D eigenvalue weighted by Gasteiger charge is 2.62. The van der Waals surface area contributed by atoms with Gasteiger partial charge in [-0.1, -0.05) is 44.0 Å². The molecule has 3 aliphatic carbocycles. The number of aromatic hydroxyl groups is 1. The number of rotatable bonds is 13. The second-order valence-electron chi connectivity index (χ2n) is 12.8. The number of allylic oxidation sites excluding steroid dienone is 1. The van der Waals surface area contributed by atoms with Crippen LogP contribution < -0.4 is 5.73 Å². The summed E-state index contributed by atoms with van der Waals surface area (Å²) in [6.45, 7) is 6.85. The second kappa shape index (κ2) is 14.2. The van der Waals surface area contributed by atoms with Gasteiger partial charge >= 0.3 is 7.75 Å². The van der Waals surface area contributed by atoms with E-state index >= 15 is 0 Å². The van der Waals surface area contributed by atoms with E-state index < -0.39 is 60.4 Å². The summed E-state index contributed by atoms with van der Waals surface area (Å²) in [4.78, 5) is 39.3. The highest BCUT2D eigenvalue weighted by Crippen LogP contribution is 2.54. The average molecular weight is 685 g/mol. The molecule has 3 aliphatic rings. The molecule has 0 bridgehead atoms. The zero-order chi connectivity index (χ0) is 35.0. The monoisotopic (exact) mass is 684 g/mol. The Hall–Kier alpha value is -3.38. The van der Waals surface area contributed by atoms with Crippen LogP contribution in [-0.4, -0.2) is 74.0 Å². The van der Waals surface area contributed by atoms with Gasteiger partial charge in [-0.05, 0) is 79.8 Å². The van der Waals surface area contributed by atoms with Crippen molar-refractivity contribution in [3.8, 4) is 16.9 Å². The fourth-order valence-corrected chi connectivity index (χ4v) is 9.38. The Morgan fingerprint density at radius 1 is 1.06 bits per heavy atom. The molecule has 0 spiro atoms. The van der Waals surface area contributed by atoms with Crippen molar-refractivity contribution in [3.05, 3.63) is 64.4 Å². The normalized spacial score (nSPS) is 25.5. The number of benzene rings is 2. The number of carbonyl (C=O) groups excluding carboxylic acids is 3. The van der Waals surface area contributed by atoms with Crippen molar-refractivity contribution in [2.75, 3.05) is 19.8 Å². The highest BCUT2D eigenvalue weighted by molar-refractivity contribution is 7.51. The van der Waals surface area contributed by atoms with E-state index in [1.54, 1.807) is 24.6 Å². The lowest BCUT2D eigenvalue weighted by molar-refractivity contribution is -0.167. The highest BCUT2D eigenvalue weighted by atomic mass is 31.2. The number of nitrogens with zero attached hydrogens (tertiary/aromatic N) is 1. The summed E-state index contributed by atoms with van der Waals surface area (Å²) in [5.41, 5.74) is 5.31. The number of hydrogen-bond donors (Lipinski definition) is 5. The quantitative estimate of drug-likeness (QED) is 0.112. The van der Waals surface area contributed by atoms with E-state index in [0.29, 0.717) is 17.7 Å². The molecule has 13 heteroatoms. The van der Waals surface area contributed by atoms with Gasteiger partial charge in [0.05, 0.1) is 24.9 Å². The Kier molecular flexibility index (Phi) is 10.6. The summed E-state index contributed by atoms with van der Waals surface area (Å²) in [7, 11) is -3.58. The molecule has 48 heavy (non-hydrogen) atoms. The van der Waals surface area contributed by atoms with E-state index in [-0.39, 0.29) is 55.9 Å². The molecule has 0 aliphatic heterocycles. The van der Waals surface area contributed by atoms with Crippen LogP contribution in [0.2, 0.25) is 0 Å². The van der Waals surface area contributed by atoms with Crippen molar-refractivity contribution < 1.29 is 48.4 Å². The fraction of sp³-hybridized carbons (Fsp3) is 0.514. The van der Waals surface area contributed by atoms with Gasteiger partial charge in [0.25, 0.3) is 0 Å². The zero-order valence-corrected chi connectivity index (χ0v) is 28.4. The molecule has 1 amide bonds. The number of ketones is 2. The van der Waals surface area contributed by atoms with Gasteiger partial charge in [-0.15, -0.1) is 0 Å². The van der Waals surface area contributed by atoms with E-state index in [9.17, 15) is 39.4 Å². The molecule has 0 aromatic heterocycles. The van der Waals surface area contributed by atoms with Crippen LogP contribution in [-0.2, 0) is 36.2 Å². The third-order valence-electron chi connectivity index (χ3n) is 9.83. The molecule has 1 fully saturated rings. The van der Waals surface area contributed by atoms with Crippen molar-refractivity contribution in [1.82, 2.24) is 4.67 Å². The summed E-state index contributed by atoms with van der Waals surface area (Å²) in [6.07, 6.45) is 1.39.